The van der Waals surface area contributed by atoms with E-state index in [4.69, 9.17) is 11.6 Å². The zero-order valence-corrected chi connectivity index (χ0v) is 31.4. The summed E-state index contributed by atoms with van der Waals surface area (Å²) in [5, 5.41) is 3.02. The number of alkyl halides is 4. The van der Waals surface area contributed by atoms with Crippen LogP contribution in [0.2, 0.25) is 0 Å². The molecule has 284 valence electrons. The number of nitrogens with zero attached hydrogens (tertiary/aromatic N) is 6. The highest BCUT2D eigenvalue weighted by Crippen LogP contribution is 2.42. The maximum absolute atomic E-state index is 13.3. The van der Waals surface area contributed by atoms with E-state index in [1.165, 1.54) is 25.3 Å². The number of rotatable bonds is 7. The lowest BCUT2D eigenvalue weighted by molar-refractivity contribution is -0.132. The number of hydrogen-bond acceptors (Lipinski definition) is 6. The Morgan fingerprint density at radius 3 is 1.66 bits per heavy atom. The molecule has 2 aliphatic carbocycles. The summed E-state index contributed by atoms with van der Waals surface area (Å²) >= 11 is 4.82. The third kappa shape index (κ3) is 12.3. The summed E-state index contributed by atoms with van der Waals surface area (Å²) in [5.41, 5.74) is 2.21. The van der Waals surface area contributed by atoms with Crippen LogP contribution in [0.3, 0.4) is 0 Å². The van der Waals surface area contributed by atoms with Crippen LogP contribution in [0.25, 0.3) is 0 Å². The molecule has 0 radical (unpaired) electrons. The predicted molar refractivity (Wildman–Crippen MR) is 189 cm³/mol. The Morgan fingerprint density at radius 2 is 1.24 bits per heavy atom. The van der Waals surface area contributed by atoms with Gasteiger partial charge in [-0.25, -0.2) is 27.5 Å². The van der Waals surface area contributed by atoms with Crippen LogP contribution >= 0.6 is 11.6 Å². The Labute approximate surface area is 300 Å². The van der Waals surface area contributed by atoms with Gasteiger partial charge in [0.05, 0.1) is 24.1 Å². The smallest absolute Gasteiger partial charge is 0.248 e. The van der Waals surface area contributed by atoms with E-state index in [-0.39, 0.29) is 48.7 Å². The Bertz CT molecular complexity index is 1320. The quantitative estimate of drug-likeness (QED) is 0.232. The second-order valence-corrected chi connectivity index (χ2v) is 13.9. The number of halogens is 5. The first kappa shape index (κ1) is 41.9. The molecule has 2 aromatic rings. The summed E-state index contributed by atoms with van der Waals surface area (Å²) in [6, 6.07) is 0. The van der Waals surface area contributed by atoms with E-state index < -0.39 is 11.8 Å². The van der Waals surface area contributed by atoms with Crippen molar-refractivity contribution < 1.29 is 27.2 Å². The molecular weight excluding hydrogens is 674 g/mol. The summed E-state index contributed by atoms with van der Waals surface area (Å²) in [7, 11) is 0. The Balaban J connectivity index is 0.000000208. The number of carbonyl (C=O) groups excluding carboxylic acids is 2. The SMILES string of the molecule is CCC(=O)Cl.CCC(=O)N1CCn2c(cnc2C2CCC(F)(F)CC2)C1.CCN(CC)CC.FC1(F)CCC(c2ncc3n2CCNC3)CC1. The zero-order chi connectivity index (χ0) is 36.9. The number of aromatic nitrogens is 4. The minimum Gasteiger partial charge on any atom is -0.335 e. The molecule has 4 aliphatic rings. The minimum atomic E-state index is -2.50. The van der Waals surface area contributed by atoms with Gasteiger partial charge in [-0.3, -0.25) is 9.59 Å². The highest BCUT2D eigenvalue weighted by Gasteiger charge is 2.38. The van der Waals surface area contributed by atoms with E-state index in [0.29, 0.717) is 51.6 Å². The average Bonchev–Trinajstić information content (AvgIpc) is 3.74. The Morgan fingerprint density at radius 1 is 0.780 bits per heavy atom. The second kappa shape index (κ2) is 19.9. The third-order valence-electron chi connectivity index (χ3n) is 10.1. The van der Waals surface area contributed by atoms with Crippen molar-refractivity contribution in [3.8, 4) is 0 Å². The highest BCUT2D eigenvalue weighted by molar-refractivity contribution is 6.63. The fourth-order valence-corrected chi connectivity index (χ4v) is 6.90. The van der Waals surface area contributed by atoms with Gasteiger partial charge in [0, 0.05) is 89.3 Å². The molecule has 0 saturated heterocycles. The van der Waals surface area contributed by atoms with Crippen molar-refractivity contribution in [2.24, 2.45) is 0 Å². The summed E-state index contributed by atoms with van der Waals surface area (Å²) in [6.07, 6.45) is 6.71. The van der Waals surface area contributed by atoms with Gasteiger partial charge in [-0.2, -0.15) is 0 Å². The molecule has 50 heavy (non-hydrogen) atoms. The molecule has 9 nitrogen and oxygen atoms in total. The van der Waals surface area contributed by atoms with Crippen molar-refractivity contribution in [2.45, 2.75) is 149 Å². The number of hydrogen-bond donors (Lipinski definition) is 1. The van der Waals surface area contributed by atoms with Crippen LogP contribution in [0, 0.1) is 0 Å². The van der Waals surface area contributed by atoms with Gasteiger partial charge in [-0.05, 0) is 56.9 Å². The summed E-state index contributed by atoms with van der Waals surface area (Å²) in [6.45, 7) is 18.4. The number of carbonyl (C=O) groups is 2. The van der Waals surface area contributed by atoms with Gasteiger partial charge >= 0.3 is 0 Å². The molecule has 0 unspecified atom stereocenters. The molecular formula is C36H58ClF4N7O2. The minimum absolute atomic E-state index is 0.0120. The maximum atomic E-state index is 13.3. The number of imidazole rings is 2. The molecule has 2 fully saturated rings. The van der Waals surface area contributed by atoms with Gasteiger partial charge in [0.1, 0.15) is 11.6 Å². The first-order valence-electron chi connectivity index (χ1n) is 18.5. The van der Waals surface area contributed by atoms with Crippen LogP contribution in [-0.2, 0) is 35.8 Å². The standard InChI is InChI=1S/C15H21F2N3O.C12H17F2N3.C6H15N.C3H5ClO/c1-2-13(21)19-7-8-20-12(10-19)9-18-14(20)11-3-5-15(16,17)6-4-11;13-12(14)3-1-9(2-4-12)11-16-8-10-7-15-5-6-17(10)11;1-4-7(5-2)6-3;1-2-3(4)5/h9,11H,2-8,10H2,1H3;8-9,15H,1-7H2;4-6H2,1-3H3;2H2,1H3. The molecule has 0 atom stereocenters. The van der Waals surface area contributed by atoms with Crippen LogP contribution in [-0.4, -0.2) is 84.6 Å². The van der Waals surface area contributed by atoms with Crippen LogP contribution < -0.4 is 5.32 Å². The van der Waals surface area contributed by atoms with Crippen molar-refractivity contribution in [2.75, 3.05) is 32.7 Å². The van der Waals surface area contributed by atoms with E-state index in [2.05, 4.69) is 50.1 Å². The van der Waals surface area contributed by atoms with Gasteiger partial charge < -0.3 is 24.3 Å². The topological polar surface area (TPSA) is 88.3 Å². The van der Waals surface area contributed by atoms with Gasteiger partial charge in [-0.15, -0.1) is 0 Å². The van der Waals surface area contributed by atoms with Gasteiger partial charge in [0.15, 0.2) is 0 Å². The third-order valence-corrected chi connectivity index (χ3v) is 10.4. The summed E-state index contributed by atoms with van der Waals surface area (Å²) < 4.78 is 57.1. The van der Waals surface area contributed by atoms with Gasteiger partial charge in [-0.1, -0.05) is 34.6 Å². The van der Waals surface area contributed by atoms with E-state index in [1.54, 1.807) is 13.1 Å². The average molecular weight is 732 g/mol. The molecule has 6 rings (SSSR count). The van der Waals surface area contributed by atoms with Crippen molar-refractivity contribution >= 4 is 22.8 Å². The zero-order valence-electron chi connectivity index (χ0n) is 30.6. The van der Waals surface area contributed by atoms with Crippen molar-refractivity contribution in [3.63, 3.8) is 0 Å². The molecule has 0 spiro atoms. The molecule has 14 heteroatoms. The lowest BCUT2D eigenvalue weighted by atomic mass is 9.86. The highest BCUT2D eigenvalue weighted by atomic mass is 35.5. The van der Waals surface area contributed by atoms with Crippen molar-refractivity contribution in [3.05, 3.63) is 35.4 Å². The first-order valence-corrected chi connectivity index (χ1v) is 18.9. The molecule has 1 amide bonds. The van der Waals surface area contributed by atoms with Gasteiger partial charge in [0.25, 0.3) is 0 Å². The second-order valence-electron chi connectivity index (χ2n) is 13.5. The largest absolute Gasteiger partial charge is 0.335 e. The van der Waals surface area contributed by atoms with E-state index >= 15 is 0 Å². The van der Waals surface area contributed by atoms with Crippen molar-refractivity contribution in [1.29, 1.82) is 0 Å². The number of amides is 1. The molecule has 0 aromatic carbocycles. The van der Waals surface area contributed by atoms with E-state index in [9.17, 15) is 27.2 Å². The lowest BCUT2D eigenvalue weighted by Gasteiger charge is -2.32. The lowest BCUT2D eigenvalue weighted by Crippen LogP contribution is -2.38. The summed E-state index contributed by atoms with van der Waals surface area (Å²) in [4.78, 5) is 34.5. The molecule has 2 aromatic heterocycles. The fraction of sp³-hybridized carbons (Fsp3) is 0.778. The van der Waals surface area contributed by atoms with Crippen LogP contribution in [0.4, 0.5) is 17.6 Å². The molecule has 2 aliphatic heterocycles. The first-order chi connectivity index (χ1) is 23.8. The van der Waals surface area contributed by atoms with E-state index in [0.717, 1.165) is 43.5 Å². The normalized spacial score (nSPS) is 19.9. The van der Waals surface area contributed by atoms with Crippen LogP contribution in [0.15, 0.2) is 12.4 Å². The summed E-state index contributed by atoms with van der Waals surface area (Å²) in [5.74, 6) is -2.48. The number of fused-ring (bicyclic) bond motifs is 2. The molecule has 4 heterocycles. The Kier molecular flexibility index (Phi) is 16.7. The molecule has 2 saturated carbocycles. The van der Waals surface area contributed by atoms with Gasteiger partial charge in [0.2, 0.25) is 23.0 Å². The molecule has 1 N–H and O–H groups in total. The predicted octanol–water partition coefficient (Wildman–Crippen LogP) is 7.72. The fourth-order valence-electron chi connectivity index (χ4n) is 6.90. The van der Waals surface area contributed by atoms with Crippen molar-refractivity contribution in [1.82, 2.24) is 34.2 Å². The van der Waals surface area contributed by atoms with Crippen LogP contribution in [0.1, 0.15) is 134 Å². The van der Waals surface area contributed by atoms with Crippen LogP contribution in [0.5, 0.6) is 0 Å². The Hall–Kier alpha value is -2.51. The molecule has 0 bridgehead atoms. The monoisotopic (exact) mass is 731 g/mol. The maximum Gasteiger partial charge on any atom is 0.248 e. The van der Waals surface area contributed by atoms with E-state index in [1.807, 2.05) is 18.0 Å². The number of nitrogens with one attached hydrogen (secondary N) is 1.